The summed E-state index contributed by atoms with van der Waals surface area (Å²) >= 11 is 0. The summed E-state index contributed by atoms with van der Waals surface area (Å²) in [6.45, 7) is 3.78. The minimum atomic E-state index is -5.08. The number of rotatable bonds is 9. The van der Waals surface area contributed by atoms with Crippen LogP contribution in [0.2, 0.25) is 0 Å². The van der Waals surface area contributed by atoms with E-state index < -0.39 is 29.6 Å². The number of aryl methyl sites for hydroxylation is 1. The molecule has 2 aliphatic carbocycles. The zero-order chi connectivity index (χ0) is 26.8. The Labute approximate surface area is 217 Å². The lowest BCUT2D eigenvalue weighted by molar-refractivity contribution is -0.163. The van der Waals surface area contributed by atoms with Gasteiger partial charge in [-0.25, -0.2) is 0 Å². The number of hydrogen-bond acceptors (Lipinski definition) is 1. The second kappa shape index (κ2) is 11.9. The van der Waals surface area contributed by atoms with Crippen molar-refractivity contribution in [3.63, 3.8) is 0 Å². The lowest BCUT2D eigenvalue weighted by Gasteiger charge is -2.38. The van der Waals surface area contributed by atoms with E-state index in [-0.39, 0.29) is 35.6 Å². The second-order valence-corrected chi connectivity index (χ2v) is 11.9. The third kappa shape index (κ3) is 7.24. The number of ether oxygens (including phenoxy) is 1. The molecule has 1 nitrogen and oxygen atoms in total. The Kier molecular flexibility index (Phi) is 9.23. The van der Waals surface area contributed by atoms with Gasteiger partial charge in [-0.15, -0.1) is 0 Å². The van der Waals surface area contributed by atoms with Crippen molar-refractivity contribution in [2.24, 2.45) is 23.7 Å². The second-order valence-electron chi connectivity index (χ2n) is 11.9. The number of benzene rings is 1. The molecule has 1 unspecified atom stereocenters. The van der Waals surface area contributed by atoms with Crippen LogP contribution >= 0.6 is 0 Å². The Morgan fingerprint density at radius 1 is 0.757 bits per heavy atom. The third-order valence-electron chi connectivity index (χ3n) is 9.40. The molecule has 1 aliphatic heterocycles. The van der Waals surface area contributed by atoms with Gasteiger partial charge in [-0.2, -0.15) is 26.3 Å². The number of halogens is 6. The first-order chi connectivity index (χ1) is 17.5. The van der Waals surface area contributed by atoms with Gasteiger partial charge in [0, 0.05) is 0 Å². The molecule has 0 aromatic heterocycles. The fourth-order valence-corrected chi connectivity index (χ4v) is 7.24. The highest BCUT2D eigenvalue weighted by Gasteiger charge is 2.49. The standard InChI is InChI=1S/C30H42F6O/c1-3-4-5-6-20-7-12-22(13-8-20)23-14-9-21(10-15-23)11-16-24-19(2)17-25(26-18-37-26)28(30(34,35)36)27(24)29(31,32)33/h17,20-23,26H,3-16,18H2,1-2H3. The van der Waals surface area contributed by atoms with Gasteiger partial charge in [0.2, 0.25) is 0 Å². The number of hydrogen-bond donors (Lipinski definition) is 0. The van der Waals surface area contributed by atoms with Crippen molar-refractivity contribution < 1.29 is 31.1 Å². The monoisotopic (exact) mass is 532 g/mol. The average Bonchev–Trinajstić information content (AvgIpc) is 3.68. The summed E-state index contributed by atoms with van der Waals surface area (Å²) in [5, 5.41) is 0. The fourth-order valence-electron chi connectivity index (χ4n) is 7.24. The Morgan fingerprint density at radius 3 is 1.73 bits per heavy atom. The van der Waals surface area contributed by atoms with E-state index in [9.17, 15) is 26.3 Å². The third-order valence-corrected chi connectivity index (χ3v) is 9.40. The van der Waals surface area contributed by atoms with Crippen molar-refractivity contribution in [2.75, 3.05) is 6.61 Å². The molecule has 1 aromatic carbocycles. The van der Waals surface area contributed by atoms with Crippen LogP contribution in [-0.4, -0.2) is 6.61 Å². The quantitative estimate of drug-likeness (QED) is 0.175. The lowest BCUT2D eigenvalue weighted by atomic mass is 9.68. The zero-order valence-electron chi connectivity index (χ0n) is 22.2. The smallest absolute Gasteiger partial charge is 0.368 e. The van der Waals surface area contributed by atoms with Crippen molar-refractivity contribution in [2.45, 2.75) is 122 Å². The summed E-state index contributed by atoms with van der Waals surface area (Å²) in [5.41, 5.74) is -3.31. The molecular weight excluding hydrogens is 490 g/mol. The molecule has 3 fully saturated rings. The molecule has 7 heteroatoms. The van der Waals surface area contributed by atoms with E-state index in [0.29, 0.717) is 12.3 Å². The van der Waals surface area contributed by atoms with Gasteiger partial charge in [-0.05, 0) is 85.8 Å². The molecule has 0 amide bonds. The van der Waals surface area contributed by atoms with Gasteiger partial charge in [0.15, 0.2) is 0 Å². The van der Waals surface area contributed by atoms with Gasteiger partial charge < -0.3 is 4.74 Å². The first-order valence-corrected chi connectivity index (χ1v) is 14.4. The lowest BCUT2D eigenvalue weighted by Crippen LogP contribution is -2.26. The summed E-state index contributed by atoms with van der Waals surface area (Å²) in [6.07, 6.45) is 4.21. The van der Waals surface area contributed by atoms with Gasteiger partial charge in [0.25, 0.3) is 0 Å². The molecule has 0 N–H and O–H groups in total. The van der Waals surface area contributed by atoms with Crippen LogP contribution in [0.3, 0.4) is 0 Å². The van der Waals surface area contributed by atoms with E-state index >= 15 is 0 Å². The van der Waals surface area contributed by atoms with Gasteiger partial charge in [0.1, 0.15) is 6.10 Å². The van der Waals surface area contributed by atoms with Crippen LogP contribution in [0.5, 0.6) is 0 Å². The fraction of sp³-hybridized carbons (Fsp3) is 0.800. The summed E-state index contributed by atoms with van der Waals surface area (Å²) in [5.74, 6) is 2.64. The molecule has 0 bridgehead atoms. The van der Waals surface area contributed by atoms with Crippen molar-refractivity contribution >= 4 is 0 Å². The average molecular weight is 533 g/mol. The summed E-state index contributed by atoms with van der Waals surface area (Å²) in [7, 11) is 0. The maximum Gasteiger partial charge on any atom is 0.417 e. The normalized spacial score (nSPS) is 28.9. The van der Waals surface area contributed by atoms with E-state index in [1.165, 1.54) is 64.4 Å². The van der Waals surface area contributed by atoms with Crippen molar-refractivity contribution in [3.05, 3.63) is 33.9 Å². The van der Waals surface area contributed by atoms with Crippen LogP contribution in [-0.2, 0) is 23.5 Å². The highest BCUT2D eigenvalue weighted by molar-refractivity contribution is 5.50. The SMILES string of the molecule is CCCCCC1CCC(C2CCC(CCc3c(C)cc(C4CO4)c(C(F)(F)F)c3C(F)(F)F)CC2)CC1. The molecule has 0 radical (unpaired) electrons. The Bertz CT molecular complexity index is 885. The highest BCUT2D eigenvalue weighted by Crippen LogP contribution is 2.50. The molecule has 3 aliphatic rings. The minimum Gasteiger partial charge on any atom is -0.368 e. The molecule has 0 spiro atoms. The Hall–Kier alpha value is -1.24. The minimum absolute atomic E-state index is 0.0307. The van der Waals surface area contributed by atoms with Crippen molar-refractivity contribution in [1.82, 2.24) is 0 Å². The van der Waals surface area contributed by atoms with Crippen LogP contribution in [0.25, 0.3) is 0 Å². The van der Waals surface area contributed by atoms with Gasteiger partial charge in [-0.3, -0.25) is 0 Å². The Morgan fingerprint density at radius 2 is 1.27 bits per heavy atom. The summed E-state index contributed by atoms with van der Waals surface area (Å²) in [4.78, 5) is 0. The molecule has 210 valence electrons. The molecular formula is C30H42F6O. The van der Waals surface area contributed by atoms with Gasteiger partial charge in [-0.1, -0.05) is 64.4 Å². The number of epoxide rings is 1. The van der Waals surface area contributed by atoms with Crippen LogP contribution in [0.1, 0.15) is 124 Å². The van der Waals surface area contributed by atoms with Crippen LogP contribution in [0.15, 0.2) is 6.07 Å². The van der Waals surface area contributed by atoms with Crippen molar-refractivity contribution in [1.29, 1.82) is 0 Å². The molecule has 1 saturated heterocycles. The highest BCUT2D eigenvalue weighted by atomic mass is 19.4. The number of unbranched alkanes of at least 4 members (excludes halogenated alkanes) is 2. The first-order valence-electron chi connectivity index (χ1n) is 14.4. The molecule has 1 aromatic rings. The topological polar surface area (TPSA) is 12.5 Å². The predicted octanol–water partition coefficient (Wildman–Crippen LogP) is 10.2. The molecule has 1 heterocycles. The maximum atomic E-state index is 14.1. The van der Waals surface area contributed by atoms with E-state index in [1.54, 1.807) is 0 Å². The first kappa shape index (κ1) is 28.8. The molecule has 37 heavy (non-hydrogen) atoms. The van der Waals surface area contributed by atoms with Crippen molar-refractivity contribution in [3.8, 4) is 0 Å². The summed E-state index contributed by atoms with van der Waals surface area (Å²) in [6, 6.07) is 1.28. The van der Waals surface area contributed by atoms with Crippen LogP contribution < -0.4 is 0 Å². The van der Waals surface area contributed by atoms with E-state index in [1.807, 2.05) is 0 Å². The molecule has 1 atom stereocenters. The Balaban J connectivity index is 1.36. The van der Waals surface area contributed by atoms with E-state index in [2.05, 4.69) is 6.92 Å². The van der Waals surface area contributed by atoms with E-state index in [0.717, 1.165) is 37.5 Å². The maximum absolute atomic E-state index is 14.1. The largest absolute Gasteiger partial charge is 0.417 e. The van der Waals surface area contributed by atoms with E-state index in [4.69, 9.17) is 4.74 Å². The van der Waals surface area contributed by atoms with Gasteiger partial charge in [0.05, 0.1) is 17.7 Å². The van der Waals surface area contributed by atoms with Crippen LogP contribution in [0.4, 0.5) is 26.3 Å². The van der Waals surface area contributed by atoms with Gasteiger partial charge >= 0.3 is 12.4 Å². The number of alkyl halides is 6. The zero-order valence-corrected chi connectivity index (χ0v) is 22.2. The molecule has 4 rings (SSSR count). The molecule has 2 saturated carbocycles. The predicted molar refractivity (Wildman–Crippen MR) is 133 cm³/mol. The van der Waals surface area contributed by atoms with Crippen LogP contribution in [0, 0.1) is 30.6 Å². The summed E-state index contributed by atoms with van der Waals surface area (Å²) < 4.78 is 88.9.